The third kappa shape index (κ3) is 3.55. The molecule has 0 atom stereocenters. The van der Waals surface area contributed by atoms with Crippen molar-refractivity contribution in [3.8, 4) is 5.88 Å². The predicted octanol–water partition coefficient (Wildman–Crippen LogP) is 2.32. The highest BCUT2D eigenvalue weighted by atomic mass is 35.5. The van der Waals surface area contributed by atoms with Crippen LogP contribution < -0.4 is 4.74 Å². The molecule has 86 valence electrons. The Kier molecular flexibility index (Phi) is 4.79. The van der Waals surface area contributed by atoms with Crippen LogP contribution in [0.4, 0.5) is 0 Å². The Morgan fingerprint density at radius 3 is 2.88 bits per heavy atom. The molecular formula is C11H12ClNO3. The maximum atomic E-state index is 11.1. The van der Waals surface area contributed by atoms with Gasteiger partial charge in [-0.15, -0.1) is 0 Å². The first kappa shape index (κ1) is 12.5. The summed E-state index contributed by atoms with van der Waals surface area (Å²) >= 11 is 5.87. The van der Waals surface area contributed by atoms with Crippen LogP contribution in [0.15, 0.2) is 18.2 Å². The summed E-state index contributed by atoms with van der Waals surface area (Å²) in [6, 6.07) is 3.38. The standard InChI is InChI=1S/C11H12ClNO3/c1-3-16-10(14)7-5-8-4-6-9(15-2)13-11(8)12/h4-7H,3H2,1-2H3/b7-5+. The van der Waals surface area contributed by atoms with Crippen LogP contribution in [-0.2, 0) is 9.53 Å². The summed E-state index contributed by atoms with van der Waals surface area (Å²) in [4.78, 5) is 15.0. The highest BCUT2D eigenvalue weighted by molar-refractivity contribution is 6.31. The molecule has 0 bridgehead atoms. The van der Waals surface area contributed by atoms with Gasteiger partial charge in [-0.2, -0.15) is 0 Å². The smallest absolute Gasteiger partial charge is 0.330 e. The molecule has 16 heavy (non-hydrogen) atoms. The Morgan fingerprint density at radius 2 is 2.31 bits per heavy atom. The number of hydrogen-bond acceptors (Lipinski definition) is 4. The highest BCUT2D eigenvalue weighted by Crippen LogP contribution is 2.18. The molecule has 0 fully saturated rings. The number of methoxy groups -OCH3 is 1. The molecule has 0 aromatic carbocycles. The largest absolute Gasteiger partial charge is 0.481 e. The van der Waals surface area contributed by atoms with E-state index in [1.165, 1.54) is 13.2 Å². The highest BCUT2D eigenvalue weighted by Gasteiger charge is 2.01. The van der Waals surface area contributed by atoms with Crippen molar-refractivity contribution in [3.63, 3.8) is 0 Å². The molecule has 1 aromatic heterocycles. The number of esters is 1. The second kappa shape index (κ2) is 6.12. The van der Waals surface area contributed by atoms with E-state index in [1.807, 2.05) is 0 Å². The van der Waals surface area contributed by atoms with Crippen LogP contribution in [0.25, 0.3) is 6.08 Å². The summed E-state index contributed by atoms with van der Waals surface area (Å²) in [5, 5.41) is 0.278. The monoisotopic (exact) mass is 241 g/mol. The number of rotatable bonds is 4. The zero-order valence-electron chi connectivity index (χ0n) is 9.07. The number of carbonyl (C=O) groups excluding carboxylic acids is 1. The van der Waals surface area contributed by atoms with Gasteiger partial charge in [-0.25, -0.2) is 9.78 Å². The van der Waals surface area contributed by atoms with Gasteiger partial charge in [0.05, 0.1) is 13.7 Å². The lowest BCUT2D eigenvalue weighted by molar-refractivity contribution is -0.137. The van der Waals surface area contributed by atoms with E-state index in [9.17, 15) is 4.79 Å². The molecule has 0 aliphatic rings. The van der Waals surface area contributed by atoms with Gasteiger partial charge in [0.2, 0.25) is 5.88 Å². The van der Waals surface area contributed by atoms with E-state index in [0.29, 0.717) is 18.1 Å². The van der Waals surface area contributed by atoms with Crippen molar-refractivity contribution in [1.82, 2.24) is 4.98 Å². The summed E-state index contributed by atoms with van der Waals surface area (Å²) < 4.78 is 9.64. The van der Waals surface area contributed by atoms with E-state index in [1.54, 1.807) is 25.1 Å². The Labute approximate surface area is 98.8 Å². The zero-order valence-corrected chi connectivity index (χ0v) is 9.82. The van der Waals surface area contributed by atoms with Crippen molar-refractivity contribution >= 4 is 23.6 Å². The number of hydrogen-bond donors (Lipinski definition) is 0. The molecule has 0 amide bonds. The third-order valence-corrected chi connectivity index (χ3v) is 2.05. The molecule has 0 aliphatic heterocycles. The fourth-order valence-corrected chi connectivity index (χ4v) is 1.22. The molecule has 1 rings (SSSR count). The molecule has 4 nitrogen and oxygen atoms in total. The molecule has 0 saturated carbocycles. The van der Waals surface area contributed by atoms with Crippen molar-refractivity contribution in [2.24, 2.45) is 0 Å². The summed E-state index contributed by atoms with van der Waals surface area (Å²) in [6.07, 6.45) is 2.85. The van der Waals surface area contributed by atoms with Gasteiger partial charge in [-0.05, 0) is 19.1 Å². The van der Waals surface area contributed by atoms with Crippen molar-refractivity contribution < 1.29 is 14.3 Å². The molecule has 0 N–H and O–H groups in total. The molecular weight excluding hydrogens is 230 g/mol. The summed E-state index contributed by atoms with van der Waals surface area (Å²) in [6.45, 7) is 2.09. The average Bonchev–Trinajstić information content (AvgIpc) is 2.27. The number of ether oxygens (including phenoxy) is 2. The van der Waals surface area contributed by atoms with Crippen molar-refractivity contribution in [2.75, 3.05) is 13.7 Å². The Morgan fingerprint density at radius 1 is 1.56 bits per heavy atom. The van der Waals surface area contributed by atoms with Crippen LogP contribution in [0, 0.1) is 0 Å². The lowest BCUT2D eigenvalue weighted by Gasteiger charge is -2.01. The minimum atomic E-state index is -0.408. The maximum Gasteiger partial charge on any atom is 0.330 e. The average molecular weight is 242 g/mol. The SMILES string of the molecule is CCOC(=O)/C=C/c1ccc(OC)nc1Cl. The Bertz CT molecular complexity index is 404. The van der Waals surface area contributed by atoms with Crippen LogP contribution >= 0.6 is 11.6 Å². The second-order valence-corrected chi connectivity index (χ2v) is 3.18. The predicted molar refractivity (Wildman–Crippen MR) is 61.5 cm³/mol. The third-order valence-electron chi connectivity index (χ3n) is 1.75. The van der Waals surface area contributed by atoms with E-state index >= 15 is 0 Å². The van der Waals surface area contributed by atoms with E-state index in [2.05, 4.69) is 4.98 Å². The van der Waals surface area contributed by atoms with E-state index in [0.717, 1.165) is 0 Å². The first-order valence-corrected chi connectivity index (χ1v) is 5.10. The topological polar surface area (TPSA) is 48.4 Å². The molecule has 0 aliphatic carbocycles. The lowest BCUT2D eigenvalue weighted by Crippen LogP contribution is -1.98. The zero-order chi connectivity index (χ0) is 12.0. The Balaban J connectivity index is 2.78. The maximum absolute atomic E-state index is 11.1. The normalized spacial score (nSPS) is 10.4. The molecule has 1 heterocycles. The number of halogens is 1. The van der Waals surface area contributed by atoms with Gasteiger partial charge in [0.15, 0.2) is 0 Å². The lowest BCUT2D eigenvalue weighted by atomic mass is 10.2. The first-order valence-electron chi connectivity index (χ1n) is 4.72. The quantitative estimate of drug-likeness (QED) is 0.461. The fourth-order valence-electron chi connectivity index (χ4n) is 1.01. The molecule has 0 unspecified atom stereocenters. The van der Waals surface area contributed by atoms with Gasteiger partial charge < -0.3 is 9.47 Å². The van der Waals surface area contributed by atoms with Crippen LogP contribution in [0.3, 0.4) is 0 Å². The van der Waals surface area contributed by atoms with Crippen LogP contribution in [0.2, 0.25) is 5.15 Å². The molecule has 0 saturated heterocycles. The van der Waals surface area contributed by atoms with Crippen LogP contribution in [0.1, 0.15) is 12.5 Å². The molecule has 1 aromatic rings. The van der Waals surface area contributed by atoms with Crippen molar-refractivity contribution in [2.45, 2.75) is 6.92 Å². The Hall–Kier alpha value is -1.55. The minimum Gasteiger partial charge on any atom is -0.481 e. The molecule has 5 heteroatoms. The second-order valence-electron chi connectivity index (χ2n) is 2.82. The van der Waals surface area contributed by atoms with E-state index < -0.39 is 5.97 Å². The van der Waals surface area contributed by atoms with Gasteiger partial charge in [-0.3, -0.25) is 0 Å². The number of nitrogens with zero attached hydrogens (tertiary/aromatic N) is 1. The van der Waals surface area contributed by atoms with Crippen molar-refractivity contribution in [1.29, 1.82) is 0 Å². The molecule has 0 spiro atoms. The van der Waals surface area contributed by atoms with Crippen LogP contribution in [-0.4, -0.2) is 24.7 Å². The van der Waals surface area contributed by atoms with Gasteiger partial charge in [0.1, 0.15) is 5.15 Å². The summed E-state index contributed by atoms with van der Waals surface area (Å²) in [5.41, 5.74) is 0.635. The van der Waals surface area contributed by atoms with E-state index in [-0.39, 0.29) is 5.15 Å². The van der Waals surface area contributed by atoms with Gasteiger partial charge in [-0.1, -0.05) is 11.6 Å². The van der Waals surface area contributed by atoms with Gasteiger partial charge in [0, 0.05) is 17.7 Å². The van der Waals surface area contributed by atoms with Crippen molar-refractivity contribution in [3.05, 3.63) is 28.9 Å². The number of aromatic nitrogens is 1. The van der Waals surface area contributed by atoms with E-state index in [4.69, 9.17) is 21.1 Å². The molecule has 0 radical (unpaired) electrons. The minimum absolute atomic E-state index is 0.278. The first-order chi connectivity index (χ1) is 7.67. The summed E-state index contributed by atoms with van der Waals surface area (Å²) in [7, 11) is 1.51. The number of carbonyl (C=O) groups is 1. The number of pyridine rings is 1. The van der Waals surface area contributed by atoms with Gasteiger partial charge in [0.25, 0.3) is 0 Å². The fraction of sp³-hybridized carbons (Fsp3) is 0.273. The van der Waals surface area contributed by atoms with Crippen LogP contribution in [0.5, 0.6) is 5.88 Å². The van der Waals surface area contributed by atoms with Gasteiger partial charge >= 0.3 is 5.97 Å². The summed E-state index contributed by atoms with van der Waals surface area (Å²) in [5.74, 6) is 0.0210.